The Hall–Kier alpha value is -0.850. The van der Waals surface area contributed by atoms with Crippen LogP contribution < -0.4 is 5.73 Å². The van der Waals surface area contributed by atoms with Gasteiger partial charge in [0.1, 0.15) is 5.82 Å². The largest absolute Gasteiger partial charge is 0.419 e. The van der Waals surface area contributed by atoms with Crippen LogP contribution in [-0.4, -0.2) is 11.2 Å². The van der Waals surface area contributed by atoms with Crippen LogP contribution in [0.4, 0.5) is 17.6 Å². The lowest BCUT2D eigenvalue weighted by Crippen LogP contribution is -2.36. The maximum absolute atomic E-state index is 13.1. The predicted molar refractivity (Wildman–Crippen MR) is 68.9 cm³/mol. The third kappa shape index (κ3) is 3.42. The van der Waals surface area contributed by atoms with Crippen LogP contribution in [0, 0.1) is 11.7 Å². The minimum absolute atomic E-state index is 0. The molecule has 0 saturated heterocycles. The van der Waals surface area contributed by atoms with E-state index in [2.05, 4.69) is 0 Å². The summed E-state index contributed by atoms with van der Waals surface area (Å²) in [7, 11) is 0. The fraction of sp³-hybridized carbons (Fsp3) is 0.538. The van der Waals surface area contributed by atoms with Crippen LogP contribution >= 0.6 is 12.4 Å². The number of hydrogen-bond donors (Lipinski definition) is 2. The van der Waals surface area contributed by atoms with E-state index in [0.29, 0.717) is 6.07 Å². The van der Waals surface area contributed by atoms with Crippen LogP contribution in [0.25, 0.3) is 0 Å². The summed E-state index contributed by atoms with van der Waals surface area (Å²) in [6.45, 7) is 0. The van der Waals surface area contributed by atoms with Gasteiger partial charge < -0.3 is 10.8 Å². The molecule has 0 bridgehead atoms. The molecule has 2 nitrogen and oxygen atoms in total. The van der Waals surface area contributed by atoms with Gasteiger partial charge in [-0.15, -0.1) is 12.4 Å². The fourth-order valence-electron chi connectivity index (χ4n) is 2.24. The maximum Gasteiger partial charge on any atom is 0.419 e. The van der Waals surface area contributed by atoms with Gasteiger partial charge in [0.05, 0.1) is 17.7 Å². The van der Waals surface area contributed by atoms with Crippen LogP contribution in [0.15, 0.2) is 18.2 Å². The first-order chi connectivity index (χ1) is 8.80. The van der Waals surface area contributed by atoms with Crippen molar-refractivity contribution >= 4 is 12.4 Å². The summed E-state index contributed by atoms with van der Waals surface area (Å²) >= 11 is 0. The molecule has 114 valence electrons. The molecule has 1 fully saturated rings. The summed E-state index contributed by atoms with van der Waals surface area (Å²) in [6.07, 6.45) is -3.02. The van der Waals surface area contributed by atoms with Gasteiger partial charge in [0.2, 0.25) is 0 Å². The molecule has 1 saturated carbocycles. The van der Waals surface area contributed by atoms with Crippen molar-refractivity contribution in [2.75, 3.05) is 0 Å². The highest BCUT2D eigenvalue weighted by molar-refractivity contribution is 5.85. The minimum Gasteiger partial charge on any atom is -0.391 e. The average Bonchev–Trinajstić information content (AvgIpc) is 2.24. The molecule has 1 aliphatic rings. The van der Waals surface area contributed by atoms with Crippen molar-refractivity contribution in [1.29, 1.82) is 0 Å². The van der Waals surface area contributed by atoms with Gasteiger partial charge in [-0.1, -0.05) is 12.5 Å². The summed E-state index contributed by atoms with van der Waals surface area (Å²) in [4.78, 5) is 0. The Morgan fingerprint density at radius 1 is 1.25 bits per heavy atom. The van der Waals surface area contributed by atoms with E-state index in [1.54, 1.807) is 0 Å². The third-order valence-corrected chi connectivity index (χ3v) is 3.68. The van der Waals surface area contributed by atoms with E-state index in [1.165, 1.54) is 6.07 Å². The van der Waals surface area contributed by atoms with Gasteiger partial charge in [-0.25, -0.2) is 4.39 Å². The van der Waals surface area contributed by atoms with Crippen LogP contribution in [-0.2, 0) is 6.18 Å². The normalized spacial score (nSPS) is 18.9. The SMILES string of the molecule is Cl.N[C@H](c1ccc(F)c(C(F)(F)F)c1)[C@@H](O)C1CCC1. The molecular formula is C13H16ClF4NO. The molecule has 0 aromatic heterocycles. The number of hydrogen-bond acceptors (Lipinski definition) is 2. The number of rotatable bonds is 3. The first kappa shape index (κ1) is 17.2. The number of aliphatic hydroxyl groups excluding tert-OH is 1. The van der Waals surface area contributed by atoms with E-state index in [9.17, 15) is 22.7 Å². The number of aliphatic hydroxyl groups is 1. The monoisotopic (exact) mass is 313 g/mol. The highest BCUT2D eigenvalue weighted by Gasteiger charge is 2.36. The minimum atomic E-state index is -4.76. The molecule has 1 aromatic rings. The Bertz CT molecular complexity index is 462. The standard InChI is InChI=1S/C13H15F4NO.ClH/c14-10-5-4-8(6-9(10)13(15,16)17)11(18)12(19)7-2-1-3-7;/h4-7,11-12,19H,1-3,18H2;1H/t11-,12+;/m1./s1. The topological polar surface area (TPSA) is 46.2 Å². The summed E-state index contributed by atoms with van der Waals surface area (Å²) < 4.78 is 50.9. The quantitative estimate of drug-likeness (QED) is 0.840. The van der Waals surface area contributed by atoms with Gasteiger partial charge >= 0.3 is 6.18 Å². The van der Waals surface area contributed by atoms with Crippen molar-refractivity contribution < 1.29 is 22.7 Å². The van der Waals surface area contributed by atoms with Gasteiger partial charge in [-0.3, -0.25) is 0 Å². The summed E-state index contributed by atoms with van der Waals surface area (Å²) in [5.74, 6) is -1.31. The van der Waals surface area contributed by atoms with Crippen molar-refractivity contribution in [3.63, 3.8) is 0 Å². The summed E-state index contributed by atoms with van der Waals surface area (Å²) in [5.41, 5.74) is 4.53. The lowest BCUT2D eigenvalue weighted by atomic mass is 9.77. The lowest BCUT2D eigenvalue weighted by molar-refractivity contribution is -0.140. The highest BCUT2D eigenvalue weighted by Crippen LogP contribution is 2.36. The fourth-order valence-corrected chi connectivity index (χ4v) is 2.24. The van der Waals surface area contributed by atoms with Gasteiger partial charge in [0, 0.05) is 0 Å². The smallest absolute Gasteiger partial charge is 0.391 e. The number of benzene rings is 1. The van der Waals surface area contributed by atoms with Gasteiger partial charge in [-0.05, 0) is 36.5 Å². The molecule has 7 heteroatoms. The highest BCUT2D eigenvalue weighted by atomic mass is 35.5. The third-order valence-electron chi connectivity index (χ3n) is 3.68. The second kappa shape index (κ2) is 6.28. The molecule has 0 amide bonds. The molecule has 1 aromatic carbocycles. The van der Waals surface area contributed by atoms with Crippen LogP contribution in [0.5, 0.6) is 0 Å². The second-order valence-electron chi connectivity index (χ2n) is 4.94. The Labute approximate surface area is 120 Å². The lowest BCUT2D eigenvalue weighted by Gasteiger charge is -2.34. The molecule has 2 atom stereocenters. The molecule has 0 heterocycles. The zero-order valence-electron chi connectivity index (χ0n) is 10.5. The Morgan fingerprint density at radius 2 is 1.85 bits per heavy atom. The number of alkyl halides is 3. The van der Waals surface area contributed by atoms with E-state index in [4.69, 9.17) is 5.73 Å². The average molecular weight is 314 g/mol. The molecular weight excluding hydrogens is 298 g/mol. The van der Waals surface area contributed by atoms with Crippen molar-refractivity contribution in [2.45, 2.75) is 37.6 Å². The molecule has 1 aliphatic carbocycles. The van der Waals surface area contributed by atoms with Gasteiger partial charge in [0.15, 0.2) is 0 Å². The van der Waals surface area contributed by atoms with Crippen LogP contribution in [0.2, 0.25) is 0 Å². The van der Waals surface area contributed by atoms with Crippen molar-refractivity contribution in [1.82, 2.24) is 0 Å². The number of nitrogens with two attached hydrogens (primary N) is 1. The van der Waals surface area contributed by atoms with E-state index in [0.717, 1.165) is 25.3 Å². The van der Waals surface area contributed by atoms with Crippen LogP contribution in [0.3, 0.4) is 0 Å². The van der Waals surface area contributed by atoms with Crippen molar-refractivity contribution in [3.05, 3.63) is 35.1 Å². The Balaban J connectivity index is 0.00000200. The first-order valence-corrected chi connectivity index (χ1v) is 6.11. The van der Waals surface area contributed by atoms with E-state index >= 15 is 0 Å². The van der Waals surface area contributed by atoms with E-state index in [-0.39, 0.29) is 23.9 Å². The summed E-state index contributed by atoms with van der Waals surface area (Å²) in [6, 6.07) is 1.69. The molecule has 0 radical (unpaired) electrons. The van der Waals surface area contributed by atoms with Gasteiger partial charge in [-0.2, -0.15) is 13.2 Å². The predicted octanol–water partition coefficient (Wildman–Crippen LogP) is 3.43. The van der Waals surface area contributed by atoms with Crippen LogP contribution in [0.1, 0.15) is 36.4 Å². The zero-order valence-corrected chi connectivity index (χ0v) is 11.3. The van der Waals surface area contributed by atoms with Crippen molar-refractivity contribution in [2.24, 2.45) is 11.7 Å². The molecule has 20 heavy (non-hydrogen) atoms. The molecule has 0 spiro atoms. The zero-order chi connectivity index (χ0) is 14.2. The second-order valence-corrected chi connectivity index (χ2v) is 4.94. The molecule has 0 unspecified atom stereocenters. The maximum atomic E-state index is 13.1. The van der Waals surface area contributed by atoms with E-state index < -0.39 is 29.7 Å². The van der Waals surface area contributed by atoms with Gasteiger partial charge in [0.25, 0.3) is 0 Å². The Kier molecular flexibility index (Phi) is 5.40. The first-order valence-electron chi connectivity index (χ1n) is 6.11. The molecule has 2 rings (SSSR count). The molecule has 3 N–H and O–H groups in total. The Morgan fingerprint density at radius 3 is 2.30 bits per heavy atom. The van der Waals surface area contributed by atoms with Crippen molar-refractivity contribution in [3.8, 4) is 0 Å². The summed E-state index contributed by atoms with van der Waals surface area (Å²) in [5, 5.41) is 9.95. The number of halogens is 5. The van der Waals surface area contributed by atoms with E-state index in [1.807, 2.05) is 0 Å². The molecule has 0 aliphatic heterocycles.